The number of aromatic nitrogens is 3. The zero-order chi connectivity index (χ0) is 13.3. The second-order valence-electron chi connectivity index (χ2n) is 3.38. The Hall–Kier alpha value is -2.12. The first-order chi connectivity index (χ1) is 8.43. The molecule has 0 aromatic carbocycles. The Bertz CT molecular complexity index is 592. The normalized spacial score (nSPS) is 11.8. The highest BCUT2D eigenvalue weighted by atomic mass is 19.4. The van der Waals surface area contributed by atoms with Crippen LogP contribution >= 0.6 is 0 Å². The molecule has 0 radical (unpaired) electrons. The molecule has 96 valence electrons. The Morgan fingerprint density at radius 3 is 2.78 bits per heavy atom. The summed E-state index contributed by atoms with van der Waals surface area (Å²) in [4.78, 5) is 20.6. The van der Waals surface area contributed by atoms with Crippen molar-refractivity contribution in [2.75, 3.05) is 6.61 Å². The third-order valence-corrected chi connectivity index (χ3v) is 2.17. The number of H-pyrrole nitrogens is 1. The van der Waals surface area contributed by atoms with E-state index in [2.05, 4.69) is 15.0 Å². The van der Waals surface area contributed by atoms with E-state index in [4.69, 9.17) is 4.74 Å². The summed E-state index contributed by atoms with van der Waals surface area (Å²) >= 11 is 0. The van der Waals surface area contributed by atoms with E-state index in [-0.39, 0.29) is 23.2 Å². The molecule has 5 nitrogen and oxygen atoms in total. The third kappa shape index (κ3) is 2.13. The van der Waals surface area contributed by atoms with E-state index in [1.807, 2.05) is 0 Å². The molecule has 2 rings (SSSR count). The van der Waals surface area contributed by atoms with Crippen molar-refractivity contribution >= 4 is 17.0 Å². The van der Waals surface area contributed by atoms with E-state index in [1.165, 1.54) is 0 Å². The number of hydrogen-bond donors (Lipinski definition) is 1. The lowest BCUT2D eigenvalue weighted by Gasteiger charge is -2.02. The summed E-state index contributed by atoms with van der Waals surface area (Å²) in [6, 6.07) is 0. The lowest BCUT2D eigenvalue weighted by atomic mass is 10.2. The largest absolute Gasteiger partial charge is 0.462 e. The molecule has 0 spiro atoms. The minimum atomic E-state index is -4.61. The monoisotopic (exact) mass is 259 g/mol. The second kappa shape index (κ2) is 4.28. The molecule has 2 heterocycles. The Morgan fingerprint density at radius 2 is 2.17 bits per heavy atom. The van der Waals surface area contributed by atoms with E-state index < -0.39 is 18.0 Å². The van der Waals surface area contributed by atoms with Gasteiger partial charge in [-0.3, -0.25) is 4.98 Å². The number of halogens is 3. The molecular weight excluding hydrogens is 251 g/mol. The van der Waals surface area contributed by atoms with E-state index in [1.54, 1.807) is 6.92 Å². The standard InChI is InChI=1S/C10H8F3N3O2/c1-2-18-8(17)5-3-14-4-6-7(5)16-9(15-6)10(11,12)13/h3-4H,2H2,1H3,(H,15,16). The average Bonchev–Trinajstić information content (AvgIpc) is 2.72. The van der Waals surface area contributed by atoms with Crippen LogP contribution in [0.15, 0.2) is 12.4 Å². The van der Waals surface area contributed by atoms with Gasteiger partial charge in [-0.15, -0.1) is 0 Å². The summed E-state index contributed by atoms with van der Waals surface area (Å²) in [7, 11) is 0. The van der Waals surface area contributed by atoms with Gasteiger partial charge in [-0.2, -0.15) is 13.2 Å². The summed E-state index contributed by atoms with van der Waals surface area (Å²) in [6.45, 7) is 1.72. The van der Waals surface area contributed by atoms with Gasteiger partial charge in [0.15, 0.2) is 0 Å². The molecule has 0 saturated heterocycles. The molecule has 1 N–H and O–H groups in total. The number of carbonyl (C=O) groups excluding carboxylic acids is 1. The number of ether oxygens (including phenoxy) is 1. The van der Waals surface area contributed by atoms with Gasteiger partial charge in [-0.05, 0) is 6.92 Å². The second-order valence-corrected chi connectivity index (χ2v) is 3.38. The van der Waals surface area contributed by atoms with Crippen molar-refractivity contribution in [1.82, 2.24) is 15.0 Å². The minimum absolute atomic E-state index is 0.0317. The summed E-state index contributed by atoms with van der Waals surface area (Å²) < 4.78 is 42.2. The van der Waals surface area contributed by atoms with Crippen molar-refractivity contribution in [3.05, 3.63) is 23.8 Å². The van der Waals surface area contributed by atoms with Crippen LogP contribution in [0.5, 0.6) is 0 Å². The third-order valence-electron chi connectivity index (χ3n) is 2.17. The van der Waals surface area contributed by atoms with Crippen molar-refractivity contribution in [2.24, 2.45) is 0 Å². The summed E-state index contributed by atoms with van der Waals surface area (Å²) in [6.07, 6.45) is -2.33. The van der Waals surface area contributed by atoms with Crippen LogP contribution in [0, 0.1) is 0 Å². The number of imidazole rings is 1. The van der Waals surface area contributed by atoms with Crippen molar-refractivity contribution in [1.29, 1.82) is 0 Å². The van der Waals surface area contributed by atoms with Crippen LogP contribution in [0.4, 0.5) is 13.2 Å². The number of aromatic amines is 1. The summed E-state index contributed by atoms with van der Waals surface area (Å²) in [5.41, 5.74) is -0.138. The fraction of sp³-hybridized carbons (Fsp3) is 0.300. The van der Waals surface area contributed by atoms with E-state index >= 15 is 0 Å². The van der Waals surface area contributed by atoms with Gasteiger partial charge in [-0.25, -0.2) is 9.78 Å². The fourth-order valence-electron chi connectivity index (χ4n) is 1.43. The van der Waals surface area contributed by atoms with Crippen LogP contribution in [0.3, 0.4) is 0 Å². The molecule has 0 aliphatic rings. The molecule has 0 aliphatic carbocycles. The zero-order valence-corrected chi connectivity index (χ0v) is 9.21. The summed E-state index contributed by atoms with van der Waals surface area (Å²) in [5.74, 6) is -1.91. The summed E-state index contributed by atoms with van der Waals surface area (Å²) in [5, 5.41) is 0. The van der Waals surface area contributed by atoms with Crippen LogP contribution in [0.1, 0.15) is 23.1 Å². The highest BCUT2D eigenvalue weighted by molar-refractivity contribution is 6.01. The SMILES string of the molecule is CCOC(=O)c1cncc2nc(C(F)(F)F)[nH]c12. The van der Waals surface area contributed by atoms with Gasteiger partial charge in [0, 0.05) is 6.20 Å². The maximum Gasteiger partial charge on any atom is 0.449 e. The van der Waals surface area contributed by atoms with Gasteiger partial charge in [0.25, 0.3) is 0 Å². The maximum absolute atomic E-state index is 12.5. The first-order valence-electron chi connectivity index (χ1n) is 5.01. The molecule has 18 heavy (non-hydrogen) atoms. The van der Waals surface area contributed by atoms with Gasteiger partial charge in [0.1, 0.15) is 11.1 Å². The number of fused-ring (bicyclic) bond motifs is 1. The molecule has 0 bridgehead atoms. The smallest absolute Gasteiger partial charge is 0.449 e. The van der Waals surface area contributed by atoms with Crippen molar-refractivity contribution in [3.63, 3.8) is 0 Å². The van der Waals surface area contributed by atoms with E-state index in [9.17, 15) is 18.0 Å². The van der Waals surface area contributed by atoms with Crippen LogP contribution in [-0.2, 0) is 10.9 Å². The number of rotatable bonds is 2. The first-order valence-corrected chi connectivity index (χ1v) is 5.01. The van der Waals surface area contributed by atoms with E-state index in [0.717, 1.165) is 12.4 Å². The minimum Gasteiger partial charge on any atom is -0.462 e. The Balaban J connectivity index is 2.56. The first kappa shape index (κ1) is 12.3. The Morgan fingerprint density at radius 1 is 1.44 bits per heavy atom. The van der Waals surface area contributed by atoms with Crippen molar-refractivity contribution in [2.45, 2.75) is 13.1 Å². The van der Waals surface area contributed by atoms with Gasteiger partial charge >= 0.3 is 12.1 Å². The van der Waals surface area contributed by atoms with Crippen LogP contribution in [0.25, 0.3) is 11.0 Å². The van der Waals surface area contributed by atoms with Crippen LogP contribution in [0.2, 0.25) is 0 Å². The number of pyridine rings is 1. The molecule has 0 saturated carbocycles. The highest BCUT2D eigenvalue weighted by Gasteiger charge is 2.35. The quantitative estimate of drug-likeness (QED) is 0.839. The maximum atomic E-state index is 12.5. The molecule has 2 aromatic rings. The zero-order valence-electron chi connectivity index (χ0n) is 9.21. The molecule has 0 atom stereocenters. The molecule has 2 aromatic heterocycles. The van der Waals surface area contributed by atoms with Crippen LogP contribution < -0.4 is 0 Å². The number of carbonyl (C=O) groups is 1. The lowest BCUT2D eigenvalue weighted by Crippen LogP contribution is -2.08. The average molecular weight is 259 g/mol. The number of hydrogen-bond acceptors (Lipinski definition) is 4. The molecular formula is C10H8F3N3O2. The number of alkyl halides is 3. The van der Waals surface area contributed by atoms with E-state index in [0.29, 0.717) is 0 Å². The van der Waals surface area contributed by atoms with Gasteiger partial charge in [0.05, 0.1) is 18.3 Å². The van der Waals surface area contributed by atoms with Gasteiger partial charge in [0.2, 0.25) is 5.82 Å². The molecule has 0 amide bonds. The molecule has 8 heteroatoms. The fourth-order valence-corrected chi connectivity index (χ4v) is 1.43. The topological polar surface area (TPSA) is 67.9 Å². The molecule has 0 aliphatic heterocycles. The predicted octanol–water partition coefficient (Wildman–Crippen LogP) is 2.15. The molecule has 0 unspecified atom stereocenters. The Kier molecular flexibility index (Phi) is 2.93. The molecule has 0 fully saturated rings. The van der Waals surface area contributed by atoms with Crippen molar-refractivity contribution in [3.8, 4) is 0 Å². The number of esters is 1. The van der Waals surface area contributed by atoms with Crippen molar-refractivity contribution < 1.29 is 22.7 Å². The van der Waals surface area contributed by atoms with Gasteiger partial charge in [-0.1, -0.05) is 0 Å². The van der Waals surface area contributed by atoms with Crippen LogP contribution in [-0.4, -0.2) is 27.5 Å². The number of nitrogens with zero attached hydrogens (tertiary/aromatic N) is 2. The lowest BCUT2D eigenvalue weighted by molar-refractivity contribution is -0.144. The van der Waals surface area contributed by atoms with Gasteiger partial charge < -0.3 is 9.72 Å². The Labute approximate surface area is 99.0 Å². The highest BCUT2D eigenvalue weighted by Crippen LogP contribution is 2.29. The number of nitrogens with one attached hydrogen (secondary N) is 1. The predicted molar refractivity (Wildman–Crippen MR) is 54.8 cm³/mol.